The van der Waals surface area contributed by atoms with Crippen LogP contribution in [0.15, 0.2) is 24.3 Å². The second kappa shape index (κ2) is 7.96. The molecule has 1 fully saturated rings. The van der Waals surface area contributed by atoms with Gasteiger partial charge in [-0.1, -0.05) is 37.6 Å². The maximum Gasteiger partial charge on any atom is 0.293 e. The molecule has 0 unspecified atom stereocenters. The van der Waals surface area contributed by atoms with E-state index in [9.17, 15) is 4.79 Å². The van der Waals surface area contributed by atoms with Crippen LogP contribution in [0, 0.1) is 0 Å². The minimum atomic E-state index is -0.126. The minimum absolute atomic E-state index is 0. The van der Waals surface area contributed by atoms with Gasteiger partial charge in [-0.05, 0) is 12.1 Å². The lowest BCUT2D eigenvalue weighted by molar-refractivity contribution is 0.0723. The summed E-state index contributed by atoms with van der Waals surface area (Å²) in [7, 11) is 0. The number of rotatable bonds is 3. The fourth-order valence-corrected chi connectivity index (χ4v) is 2.81. The molecule has 1 aliphatic rings. The summed E-state index contributed by atoms with van der Waals surface area (Å²) < 4.78 is 1.68. The molecule has 3 rings (SSSR count). The van der Waals surface area contributed by atoms with Gasteiger partial charge in [-0.25, -0.2) is 9.67 Å². The normalized spacial score (nSPS) is 14.6. The molecule has 0 aliphatic carbocycles. The van der Waals surface area contributed by atoms with Crippen molar-refractivity contribution in [2.75, 3.05) is 26.2 Å². The number of nitrogens with zero attached hydrogens (tertiary/aromatic N) is 4. The minimum Gasteiger partial charge on any atom is -0.333 e. The zero-order chi connectivity index (χ0) is 16.4. The van der Waals surface area contributed by atoms with Crippen LogP contribution in [0.1, 0.15) is 36.2 Å². The number of aromatic nitrogens is 3. The highest BCUT2D eigenvalue weighted by atomic mass is 35.5. The highest BCUT2D eigenvalue weighted by Gasteiger charge is 2.25. The van der Waals surface area contributed by atoms with Gasteiger partial charge in [-0.3, -0.25) is 4.79 Å². The predicted octanol–water partition coefficient (Wildman–Crippen LogP) is 2.51. The van der Waals surface area contributed by atoms with E-state index >= 15 is 0 Å². The Hall–Kier alpha value is -1.63. The van der Waals surface area contributed by atoms with Gasteiger partial charge in [0.25, 0.3) is 5.91 Å². The smallest absolute Gasteiger partial charge is 0.293 e. The molecule has 0 radical (unpaired) electrons. The predicted molar refractivity (Wildman–Crippen MR) is 96.5 cm³/mol. The summed E-state index contributed by atoms with van der Waals surface area (Å²) >= 11 is 6.28. The molecule has 1 N–H and O–H groups in total. The molecule has 1 amide bonds. The molecule has 0 spiro atoms. The summed E-state index contributed by atoms with van der Waals surface area (Å²) in [5.74, 6) is 0.967. The van der Waals surface area contributed by atoms with Crippen molar-refractivity contribution in [1.29, 1.82) is 0 Å². The van der Waals surface area contributed by atoms with E-state index in [-0.39, 0.29) is 30.1 Å². The van der Waals surface area contributed by atoms with Crippen molar-refractivity contribution in [3.05, 3.63) is 40.9 Å². The average molecular weight is 370 g/mol. The van der Waals surface area contributed by atoms with Gasteiger partial charge < -0.3 is 10.2 Å². The van der Waals surface area contributed by atoms with E-state index in [1.165, 1.54) is 0 Å². The van der Waals surface area contributed by atoms with Gasteiger partial charge in [0.15, 0.2) is 0 Å². The van der Waals surface area contributed by atoms with Crippen LogP contribution in [-0.4, -0.2) is 51.8 Å². The van der Waals surface area contributed by atoms with Crippen LogP contribution in [0.3, 0.4) is 0 Å². The molecule has 0 atom stereocenters. The number of carbonyl (C=O) groups is 1. The maximum atomic E-state index is 12.6. The van der Waals surface area contributed by atoms with Crippen LogP contribution >= 0.6 is 24.0 Å². The quantitative estimate of drug-likeness (QED) is 0.902. The number of benzene rings is 1. The van der Waals surface area contributed by atoms with E-state index in [1.54, 1.807) is 15.6 Å². The van der Waals surface area contributed by atoms with Gasteiger partial charge >= 0.3 is 0 Å². The van der Waals surface area contributed by atoms with Gasteiger partial charge in [0.2, 0.25) is 5.82 Å². The first-order valence-corrected chi connectivity index (χ1v) is 8.17. The molecule has 6 nitrogen and oxygen atoms in total. The van der Waals surface area contributed by atoms with Crippen molar-refractivity contribution in [3.63, 3.8) is 0 Å². The second-order valence-corrected chi connectivity index (χ2v) is 6.26. The number of carbonyl (C=O) groups excluding carboxylic acids is 1. The van der Waals surface area contributed by atoms with E-state index in [1.807, 2.05) is 32.0 Å². The molecule has 0 saturated carbocycles. The molecular weight excluding hydrogens is 349 g/mol. The van der Waals surface area contributed by atoms with Gasteiger partial charge in [-0.15, -0.1) is 17.5 Å². The molecule has 0 bridgehead atoms. The molecule has 2 aromatic rings. The van der Waals surface area contributed by atoms with Crippen molar-refractivity contribution in [1.82, 2.24) is 25.0 Å². The van der Waals surface area contributed by atoms with E-state index in [4.69, 9.17) is 11.6 Å². The molecule has 130 valence electrons. The first-order valence-electron chi connectivity index (χ1n) is 7.80. The Kier molecular flexibility index (Phi) is 6.21. The fourth-order valence-electron chi connectivity index (χ4n) is 2.60. The number of piperazine rings is 1. The molecule has 24 heavy (non-hydrogen) atoms. The zero-order valence-electron chi connectivity index (χ0n) is 13.7. The lowest BCUT2D eigenvalue weighted by Gasteiger charge is -2.26. The number of nitrogens with one attached hydrogen (secondary N) is 1. The van der Waals surface area contributed by atoms with Crippen LogP contribution in [0.4, 0.5) is 0 Å². The first-order chi connectivity index (χ1) is 11.1. The Morgan fingerprint density at radius 1 is 1.25 bits per heavy atom. The Balaban J connectivity index is 0.00000208. The lowest BCUT2D eigenvalue weighted by Crippen LogP contribution is -2.46. The van der Waals surface area contributed by atoms with Crippen molar-refractivity contribution < 1.29 is 4.79 Å². The molecule has 1 aliphatic heterocycles. The zero-order valence-corrected chi connectivity index (χ0v) is 15.3. The third-order valence-corrected chi connectivity index (χ3v) is 4.14. The Labute approximate surface area is 152 Å². The Bertz CT molecular complexity index is 710. The van der Waals surface area contributed by atoms with Crippen molar-refractivity contribution in [3.8, 4) is 5.69 Å². The molecular formula is C16H21Cl2N5O. The largest absolute Gasteiger partial charge is 0.333 e. The van der Waals surface area contributed by atoms with Crippen molar-refractivity contribution in [2.24, 2.45) is 0 Å². The maximum absolute atomic E-state index is 12.6. The Morgan fingerprint density at radius 3 is 2.54 bits per heavy atom. The van der Waals surface area contributed by atoms with Gasteiger partial charge in [0, 0.05) is 32.1 Å². The fraction of sp³-hybridized carbons (Fsp3) is 0.438. The van der Waals surface area contributed by atoms with Crippen LogP contribution in [0.2, 0.25) is 5.02 Å². The molecule has 1 aromatic heterocycles. The molecule has 1 saturated heterocycles. The SMILES string of the molecule is CC(C)c1nc(C(=O)N2CCNCC2)nn1-c1ccccc1Cl.Cl. The third kappa shape index (κ3) is 3.71. The molecule has 8 heteroatoms. The van der Waals surface area contributed by atoms with Crippen LogP contribution in [0.25, 0.3) is 5.69 Å². The summed E-state index contributed by atoms with van der Waals surface area (Å²) in [5, 5.41) is 8.26. The van der Waals surface area contributed by atoms with Crippen molar-refractivity contribution in [2.45, 2.75) is 19.8 Å². The summed E-state index contributed by atoms with van der Waals surface area (Å²) in [6.07, 6.45) is 0. The highest BCUT2D eigenvalue weighted by Crippen LogP contribution is 2.24. The molecule has 1 aromatic carbocycles. The second-order valence-electron chi connectivity index (χ2n) is 5.85. The number of amides is 1. The average Bonchev–Trinajstić information content (AvgIpc) is 3.01. The number of hydrogen-bond acceptors (Lipinski definition) is 4. The summed E-state index contributed by atoms with van der Waals surface area (Å²) in [6.45, 7) is 7.00. The summed E-state index contributed by atoms with van der Waals surface area (Å²) in [4.78, 5) is 18.9. The van der Waals surface area contributed by atoms with Gasteiger partial charge in [-0.2, -0.15) is 0 Å². The Morgan fingerprint density at radius 2 is 1.92 bits per heavy atom. The first kappa shape index (κ1) is 18.7. The van der Waals surface area contributed by atoms with Gasteiger partial charge in [0.05, 0.1) is 10.7 Å². The van der Waals surface area contributed by atoms with E-state index in [0.717, 1.165) is 24.6 Å². The van der Waals surface area contributed by atoms with Crippen LogP contribution in [0.5, 0.6) is 0 Å². The lowest BCUT2D eigenvalue weighted by atomic mass is 10.2. The van der Waals surface area contributed by atoms with Crippen LogP contribution in [-0.2, 0) is 0 Å². The highest BCUT2D eigenvalue weighted by molar-refractivity contribution is 6.32. The van der Waals surface area contributed by atoms with Crippen molar-refractivity contribution >= 4 is 29.9 Å². The third-order valence-electron chi connectivity index (χ3n) is 3.82. The standard InChI is InChI=1S/C16H20ClN5O.ClH/c1-11(2)15-19-14(16(23)21-9-7-18-8-10-21)20-22(15)13-6-4-3-5-12(13)17;/h3-6,11,18H,7-10H2,1-2H3;1H. The number of para-hydroxylation sites is 1. The molecule has 2 heterocycles. The monoisotopic (exact) mass is 369 g/mol. The summed E-state index contributed by atoms with van der Waals surface area (Å²) in [5.41, 5.74) is 0.740. The van der Waals surface area contributed by atoms with E-state index < -0.39 is 0 Å². The van der Waals surface area contributed by atoms with E-state index in [2.05, 4.69) is 15.4 Å². The topological polar surface area (TPSA) is 63.1 Å². The number of halogens is 2. The van der Waals surface area contributed by atoms with E-state index in [0.29, 0.717) is 18.1 Å². The van der Waals surface area contributed by atoms with Gasteiger partial charge in [0.1, 0.15) is 5.82 Å². The summed E-state index contributed by atoms with van der Waals surface area (Å²) in [6, 6.07) is 7.44. The van der Waals surface area contributed by atoms with Crippen LogP contribution < -0.4 is 5.32 Å². The number of hydrogen-bond donors (Lipinski definition) is 1.